The first-order chi connectivity index (χ1) is 9.67. The molecule has 21 heavy (non-hydrogen) atoms. The lowest BCUT2D eigenvalue weighted by molar-refractivity contribution is -0.133. The molecule has 3 heteroatoms. The molecule has 0 saturated heterocycles. The van der Waals surface area contributed by atoms with Crippen LogP contribution in [0.1, 0.15) is 59.9 Å². The maximum atomic E-state index is 8.84. The van der Waals surface area contributed by atoms with Gasteiger partial charge in [-0.25, -0.2) is 0 Å². The number of nitrogens with zero attached hydrogens (tertiary/aromatic N) is 1. The van der Waals surface area contributed by atoms with Gasteiger partial charge in [-0.05, 0) is 18.6 Å². The number of benzene rings is 1. The van der Waals surface area contributed by atoms with Gasteiger partial charge in [0.1, 0.15) is 17.9 Å². The minimum Gasteiger partial charge on any atom is -0.489 e. The maximum Gasteiger partial charge on any atom is 0.121 e. The van der Waals surface area contributed by atoms with Gasteiger partial charge in [0, 0.05) is 16.9 Å². The van der Waals surface area contributed by atoms with Crippen LogP contribution < -0.4 is 4.74 Å². The van der Waals surface area contributed by atoms with Gasteiger partial charge in [-0.2, -0.15) is 5.26 Å². The summed E-state index contributed by atoms with van der Waals surface area (Å²) in [6, 6.07) is 7.29. The zero-order valence-electron chi connectivity index (χ0n) is 14.0. The van der Waals surface area contributed by atoms with Gasteiger partial charge < -0.3 is 4.74 Å². The third-order valence-corrected chi connectivity index (χ3v) is 3.96. The van der Waals surface area contributed by atoms with Crippen LogP contribution in [-0.4, -0.2) is 6.10 Å². The van der Waals surface area contributed by atoms with Crippen LogP contribution in [0.2, 0.25) is 5.02 Å². The van der Waals surface area contributed by atoms with Crippen molar-refractivity contribution in [3.05, 3.63) is 28.8 Å². The third kappa shape index (κ3) is 4.14. The first-order valence-electron chi connectivity index (χ1n) is 7.54. The number of hydrogen-bond donors (Lipinski definition) is 0. The second-order valence-corrected chi connectivity index (χ2v) is 7.52. The van der Waals surface area contributed by atoms with Crippen molar-refractivity contribution >= 4 is 11.6 Å². The molecule has 0 bridgehead atoms. The van der Waals surface area contributed by atoms with E-state index in [9.17, 15) is 0 Å². The predicted octanol–water partition coefficient (Wildman–Crippen LogP) is 5.83. The molecule has 2 nitrogen and oxygen atoms in total. The Morgan fingerprint density at radius 3 is 2.14 bits per heavy atom. The van der Waals surface area contributed by atoms with Crippen molar-refractivity contribution in [2.24, 2.45) is 10.8 Å². The van der Waals surface area contributed by atoms with Crippen LogP contribution >= 0.6 is 11.6 Å². The van der Waals surface area contributed by atoms with Crippen molar-refractivity contribution in [3.63, 3.8) is 0 Å². The van der Waals surface area contributed by atoms with Crippen molar-refractivity contribution in [2.45, 2.75) is 60.5 Å². The highest BCUT2D eigenvalue weighted by molar-refractivity contribution is 6.31. The van der Waals surface area contributed by atoms with E-state index in [4.69, 9.17) is 21.6 Å². The zero-order valence-corrected chi connectivity index (χ0v) is 14.7. The summed E-state index contributed by atoms with van der Waals surface area (Å²) in [5.41, 5.74) is 0.851. The average Bonchev–Trinajstić information content (AvgIpc) is 2.35. The van der Waals surface area contributed by atoms with Crippen molar-refractivity contribution in [1.82, 2.24) is 0 Å². The van der Waals surface area contributed by atoms with Crippen molar-refractivity contribution in [3.8, 4) is 11.8 Å². The van der Waals surface area contributed by atoms with Gasteiger partial charge in [0.25, 0.3) is 0 Å². The summed E-state index contributed by atoms with van der Waals surface area (Å²) in [6.45, 7) is 13.1. The fourth-order valence-corrected chi connectivity index (χ4v) is 3.61. The Morgan fingerprint density at radius 1 is 1.24 bits per heavy atom. The number of rotatable bonds is 2. The molecule has 1 aliphatic carbocycles. The van der Waals surface area contributed by atoms with Gasteiger partial charge in [-0.1, -0.05) is 59.6 Å². The van der Waals surface area contributed by atoms with E-state index in [0.717, 1.165) is 12.2 Å². The smallest absolute Gasteiger partial charge is 0.121 e. The lowest BCUT2D eigenvalue weighted by Gasteiger charge is -2.56. The third-order valence-electron chi connectivity index (χ3n) is 3.65. The van der Waals surface area contributed by atoms with Crippen LogP contribution in [0.4, 0.5) is 0 Å². The predicted molar refractivity (Wildman–Crippen MR) is 88.7 cm³/mol. The highest BCUT2D eigenvalue weighted by Crippen LogP contribution is 2.55. The first kappa shape index (κ1) is 17.9. The van der Waals surface area contributed by atoms with E-state index in [1.54, 1.807) is 12.1 Å². The number of hydrogen-bond acceptors (Lipinski definition) is 2. The van der Waals surface area contributed by atoms with Gasteiger partial charge in [0.15, 0.2) is 0 Å². The lowest BCUT2D eigenvalue weighted by atomic mass is 9.53. The molecule has 1 aromatic rings. The summed E-state index contributed by atoms with van der Waals surface area (Å²) < 4.78 is 6.07. The molecule has 0 radical (unpaired) electrons. The normalized spacial score (nSPS) is 18.8. The van der Waals surface area contributed by atoms with E-state index in [2.05, 4.69) is 41.5 Å². The van der Waals surface area contributed by atoms with E-state index < -0.39 is 0 Å². The minimum absolute atomic E-state index is 0.175. The molecule has 0 aliphatic heterocycles. The first-order valence-corrected chi connectivity index (χ1v) is 7.92. The second kappa shape index (κ2) is 6.71. The highest BCUT2D eigenvalue weighted by Gasteiger charge is 2.54. The van der Waals surface area contributed by atoms with Crippen LogP contribution in [0, 0.1) is 22.2 Å². The lowest BCUT2D eigenvalue weighted by Crippen LogP contribution is -2.58. The molecule has 1 aromatic carbocycles. The molecule has 0 spiro atoms. The molecule has 0 atom stereocenters. The standard InChI is InChI=1S/C15H18ClNO.C3H8/c1-14(2)9-15(3,4)13(14)18-11-6-5-10(8-17)12(16)7-11;1-3-2/h5-7,13H,9H2,1-4H3;3H2,1-2H3. The largest absolute Gasteiger partial charge is 0.489 e. The Kier molecular flexibility index (Phi) is 5.70. The summed E-state index contributed by atoms with van der Waals surface area (Å²) in [4.78, 5) is 0. The summed E-state index contributed by atoms with van der Waals surface area (Å²) in [6.07, 6.45) is 2.57. The molecule has 0 heterocycles. The van der Waals surface area contributed by atoms with E-state index in [1.807, 2.05) is 12.1 Å². The van der Waals surface area contributed by atoms with Crippen molar-refractivity contribution < 1.29 is 4.74 Å². The van der Waals surface area contributed by atoms with Crippen molar-refractivity contribution in [1.29, 1.82) is 5.26 Å². The Bertz CT molecular complexity index is 515. The number of ether oxygens (including phenoxy) is 1. The molecular weight excluding hydrogens is 282 g/mol. The van der Waals surface area contributed by atoms with Gasteiger partial charge in [-0.15, -0.1) is 0 Å². The van der Waals surface area contributed by atoms with E-state index in [0.29, 0.717) is 10.6 Å². The summed E-state index contributed by atoms with van der Waals surface area (Å²) >= 11 is 6.01. The fourth-order valence-electron chi connectivity index (χ4n) is 3.40. The van der Waals surface area contributed by atoms with E-state index in [1.165, 1.54) is 6.42 Å². The van der Waals surface area contributed by atoms with Crippen LogP contribution in [-0.2, 0) is 0 Å². The Morgan fingerprint density at radius 2 is 1.76 bits per heavy atom. The molecule has 1 fully saturated rings. The molecule has 116 valence electrons. The molecule has 0 aromatic heterocycles. The van der Waals surface area contributed by atoms with E-state index in [-0.39, 0.29) is 16.9 Å². The summed E-state index contributed by atoms with van der Waals surface area (Å²) in [5.74, 6) is 0.741. The number of halogens is 1. The van der Waals surface area contributed by atoms with Crippen LogP contribution in [0.25, 0.3) is 0 Å². The molecule has 2 rings (SSSR count). The maximum absolute atomic E-state index is 8.84. The van der Waals surface area contributed by atoms with Gasteiger partial charge >= 0.3 is 0 Å². The Balaban J connectivity index is 0.000000677. The molecule has 1 aliphatic rings. The molecule has 0 unspecified atom stereocenters. The quantitative estimate of drug-likeness (QED) is 0.688. The SMILES string of the molecule is CC1(C)CC(C)(C)C1Oc1ccc(C#N)c(Cl)c1.CCC. The topological polar surface area (TPSA) is 33.0 Å². The van der Waals surface area contributed by atoms with Crippen LogP contribution in [0.3, 0.4) is 0 Å². The summed E-state index contributed by atoms with van der Waals surface area (Å²) in [7, 11) is 0. The fraction of sp³-hybridized carbons (Fsp3) is 0.611. The molecule has 0 amide bonds. The zero-order chi connectivity index (χ0) is 16.3. The summed E-state index contributed by atoms with van der Waals surface area (Å²) in [5, 5.41) is 9.29. The highest BCUT2D eigenvalue weighted by atomic mass is 35.5. The van der Waals surface area contributed by atoms with Gasteiger partial charge in [0.2, 0.25) is 0 Å². The van der Waals surface area contributed by atoms with Crippen LogP contribution in [0.15, 0.2) is 18.2 Å². The van der Waals surface area contributed by atoms with Gasteiger partial charge in [0.05, 0.1) is 10.6 Å². The van der Waals surface area contributed by atoms with E-state index >= 15 is 0 Å². The monoisotopic (exact) mass is 307 g/mol. The van der Waals surface area contributed by atoms with Crippen LogP contribution in [0.5, 0.6) is 5.75 Å². The Hall–Kier alpha value is -1.20. The Labute approximate surface area is 134 Å². The minimum atomic E-state index is 0.175. The molecule has 1 saturated carbocycles. The van der Waals surface area contributed by atoms with Crippen molar-refractivity contribution in [2.75, 3.05) is 0 Å². The molecule has 0 N–H and O–H groups in total. The number of nitriles is 1. The van der Waals surface area contributed by atoms with Gasteiger partial charge in [-0.3, -0.25) is 0 Å². The molecular formula is C18H26ClNO. The second-order valence-electron chi connectivity index (χ2n) is 7.11. The average molecular weight is 308 g/mol.